The minimum absolute atomic E-state index is 0.000667. The number of alkyl halides is 6. The van der Waals surface area contributed by atoms with Gasteiger partial charge in [0.05, 0.1) is 28.9 Å². The molecule has 26 heavy (non-hydrogen) atoms. The topological polar surface area (TPSA) is 38.3 Å². The maximum atomic E-state index is 12.8. The Morgan fingerprint density at radius 3 is 1.92 bits per heavy atom. The number of ether oxygens (including phenoxy) is 1. The van der Waals surface area contributed by atoms with E-state index in [1.54, 1.807) is 0 Å². The molecular weight excluding hydrogens is 388 g/mol. The molecule has 140 valence electrons. The Balaban J connectivity index is 2.42. The Bertz CT molecular complexity index is 800. The first-order chi connectivity index (χ1) is 11.9. The lowest BCUT2D eigenvalue weighted by molar-refractivity contribution is -0.143. The minimum atomic E-state index is -5.05. The molecule has 0 aliphatic heterocycles. The molecule has 0 aliphatic rings. The highest BCUT2D eigenvalue weighted by Crippen LogP contribution is 2.36. The van der Waals surface area contributed by atoms with Crippen LogP contribution < -0.4 is 10.1 Å². The fraction of sp³-hybridized carbons (Fsp3) is 0.188. The van der Waals surface area contributed by atoms with Crippen molar-refractivity contribution in [1.29, 1.82) is 0 Å². The lowest BCUT2D eigenvalue weighted by Crippen LogP contribution is -2.17. The maximum Gasteiger partial charge on any atom is 0.416 e. The first-order valence-electron chi connectivity index (χ1n) is 6.86. The molecule has 0 fully saturated rings. The van der Waals surface area contributed by atoms with Crippen molar-refractivity contribution in [3.05, 3.63) is 58.1 Å². The van der Waals surface area contributed by atoms with E-state index in [2.05, 4.69) is 5.32 Å². The normalized spacial score (nSPS) is 12.0. The monoisotopic (exact) mass is 397 g/mol. The largest absolute Gasteiger partial charge is 0.497 e. The summed E-state index contributed by atoms with van der Waals surface area (Å²) in [6, 6.07) is 4.65. The summed E-state index contributed by atoms with van der Waals surface area (Å²) >= 11 is 5.89. The first kappa shape index (κ1) is 19.9. The second-order valence-electron chi connectivity index (χ2n) is 5.09. The third-order valence-electron chi connectivity index (χ3n) is 3.27. The van der Waals surface area contributed by atoms with Gasteiger partial charge in [-0.1, -0.05) is 11.6 Å². The Hall–Kier alpha value is -2.42. The van der Waals surface area contributed by atoms with Gasteiger partial charge in [0.25, 0.3) is 5.91 Å². The Labute approximate surface area is 148 Å². The van der Waals surface area contributed by atoms with Crippen LogP contribution in [0.5, 0.6) is 5.75 Å². The molecule has 1 amide bonds. The summed E-state index contributed by atoms with van der Waals surface area (Å²) in [5.41, 5.74) is -3.97. The first-order valence-corrected chi connectivity index (χ1v) is 7.24. The van der Waals surface area contributed by atoms with Gasteiger partial charge in [0, 0.05) is 11.6 Å². The molecule has 0 atom stereocenters. The van der Waals surface area contributed by atoms with Crippen LogP contribution in [0, 0.1) is 0 Å². The van der Waals surface area contributed by atoms with Crippen LogP contribution in [0.3, 0.4) is 0 Å². The van der Waals surface area contributed by atoms with Crippen LogP contribution >= 0.6 is 11.6 Å². The average molecular weight is 398 g/mol. The molecule has 0 radical (unpaired) electrons. The van der Waals surface area contributed by atoms with Crippen molar-refractivity contribution in [3.63, 3.8) is 0 Å². The molecule has 0 aromatic heterocycles. The van der Waals surface area contributed by atoms with Gasteiger partial charge in [-0.05, 0) is 30.3 Å². The van der Waals surface area contributed by atoms with Crippen LogP contribution in [-0.4, -0.2) is 13.0 Å². The molecule has 0 heterocycles. The van der Waals surface area contributed by atoms with Crippen LogP contribution in [0.15, 0.2) is 36.4 Å². The molecule has 3 nitrogen and oxygen atoms in total. The number of amides is 1. The quantitative estimate of drug-likeness (QED) is 0.681. The van der Waals surface area contributed by atoms with E-state index in [9.17, 15) is 31.1 Å². The highest BCUT2D eigenvalue weighted by atomic mass is 35.5. The summed E-state index contributed by atoms with van der Waals surface area (Å²) in [7, 11) is 1.37. The van der Waals surface area contributed by atoms with Gasteiger partial charge in [0.1, 0.15) is 5.75 Å². The number of hydrogen-bond donors (Lipinski definition) is 1. The van der Waals surface area contributed by atoms with Crippen molar-refractivity contribution in [2.45, 2.75) is 12.4 Å². The predicted octanol–water partition coefficient (Wildman–Crippen LogP) is 5.64. The second-order valence-corrected chi connectivity index (χ2v) is 5.50. The van der Waals surface area contributed by atoms with Crippen molar-refractivity contribution in [1.82, 2.24) is 0 Å². The zero-order valence-corrected chi connectivity index (χ0v) is 13.7. The zero-order valence-electron chi connectivity index (χ0n) is 12.9. The van der Waals surface area contributed by atoms with E-state index in [1.807, 2.05) is 0 Å². The van der Waals surface area contributed by atoms with Gasteiger partial charge in [0.15, 0.2) is 0 Å². The van der Waals surface area contributed by atoms with E-state index in [4.69, 9.17) is 16.3 Å². The Morgan fingerprint density at radius 2 is 1.50 bits per heavy atom. The van der Waals surface area contributed by atoms with Crippen LogP contribution in [0.4, 0.5) is 32.0 Å². The number of hydrogen-bond acceptors (Lipinski definition) is 2. The van der Waals surface area contributed by atoms with Crippen LogP contribution in [0.2, 0.25) is 5.02 Å². The summed E-state index contributed by atoms with van der Waals surface area (Å²) in [5.74, 6) is -0.819. The summed E-state index contributed by atoms with van der Waals surface area (Å²) < 4.78 is 81.9. The zero-order chi connectivity index (χ0) is 19.7. The number of carbonyl (C=O) groups excluding carboxylic acids is 1. The highest BCUT2D eigenvalue weighted by molar-refractivity contribution is 6.34. The molecule has 10 heteroatoms. The lowest BCUT2D eigenvalue weighted by Gasteiger charge is -2.14. The Morgan fingerprint density at radius 1 is 0.962 bits per heavy atom. The van der Waals surface area contributed by atoms with E-state index in [1.165, 1.54) is 25.3 Å². The number of nitrogens with one attached hydrogen (secondary N) is 1. The van der Waals surface area contributed by atoms with Gasteiger partial charge in [-0.2, -0.15) is 26.3 Å². The fourth-order valence-electron chi connectivity index (χ4n) is 2.00. The molecule has 0 saturated heterocycles. The number of methoxy groups -OCH3 is 1. The SMILES string of the molecule is COc1ccc(NC(=O)c2cc(C(F)(F)F)cc(C(F)(F)F)c2)c(Cl)c1. The average Bonchev–Trinajstić information content (AvgIpc) is 2.54. The molecular formula is C16H10ClF6NO2. The van der Waals surface area contributed by atoms with Gasteiger partial charge in [0.2, 0.25) is 0 Å². The van der Waals surface area contributed by atoms with Crippen LogP contribution in [-0.2, 0) is 12.4 Å². The van der Waals surface area contributed by atoms with Crippen molar-refractivity contribution >= 4 is 23.2 Å². The third-order valence-corrected chi connectivity index (χ3v) is 3.59. The standard InChI is InChI=1S/C16H10ClF6NO2/c1-26-11-2-3-13(12(17)7-11)24-14(25)8-4-9(15(18,19)20)6-10(5-8)16(21,22)23/h2-7H,1H3,(H,24,25). The number of anilines is 1. The molecule has 0 aliphatic carbocycles. The van der Waals surface area contributed by atoms with E-state index >= 15 is 0 Å². The van der Waals surface area contributed by atoms with Gasteiger partial charge >= 0.3 is 12.4 Å². The molecule has 2 aromatic carbocycles. The number of rotatable bonds is 3. The van der Waals surface area contributed by atoms with Gasteiger partial charge < -0.3 is 10.1 Å². The van der Waals surface area contributed by atoms with E-state index in [0.717, 1.165) is 0 Å². The van der Waals surface area contributed by atoms with Crippen LogP contribution in [0.1, 0.15) is 21.5 Å². The fourth-order valence-corrected chi connectivity index (χ4v) is 2.22. The molecule has 0 saturated carbocycles. The van der Waals surface area contributed by atoms with Gasteiger partial charge in [-0.3, -0.25) is 4.79 Å². The second kappa shape index (κ2) is 7.06. The maximum absolute atomic E-state index is 12.8. The predicted molar refractivity (Wildman–Crippen MR) is 82.4 cm³/mol. The number of carbonyl (C=O) groups is 1. The lowest BCUT2D eigenvalue weighted by atomic mass is 10.0. The third kappa shape index (κ3) is 4.60. The Kier molecular flexibility index (Phi) is 5.41. The van der Waals surface area contributed by atoms with E-state index < -0.39 is 35.0 Å². The highest BCUT2D eigenvalue weighted by Gasteiger charge is 2.37. The van der Waals surface area contributed by atoms with Crippen LogP contribution in [0.25, 0.3) is 0 Å². The number of halogens is 7. The summed E-state index contributed by atoms with van der Waals surface area (Å²) in [6.07, 6.45) is -10.1. The van der Waals surface area contributed by atoms with Crippen molar-refractivity contribution < 1.29 is 35.9 Å². The molecule has 2 aromatic rings. The van der Waals surface area contributed by atoms with E-state index in [0.29, 0.717) is 17.9 Å². The minimum Gasteiger partial charge on any atom is -0.497 e. The van der Waals surface area contributed by atoms with Gasteiger partial charge in [-0.25, -0.2) is 0 Å². The number of benzene rings is 2. The molecule has 0 spiro atoms. The summed E-state index contributed by atoms with van der Waals surface area (Å²) in [6.45, 7) is 0. The van der Waals surface area contributed by atoms with Crippen molar-refractivity contribution in [3.8, 4) is 5.75 Å². The molecule has 2 rings (SSSR count). The smallest absolute Gasteiger partial charge is 0.416 e. The van der Waals surface area contributed by atoms with E-state index in [-0.39, 0.29) is 16.8 Å². The van der Waals surface area contributed by atoms with Gasteiger partial charge in [-0.15, -0.1) is 0 Å². The van der Waals surface area contributed by atoms with Crippen molar-refractivity contribution in [2.75, 3.05) is 12.4 Å². The molecule has 0 bridgehead atoms. The van der Waals surface area contributed by atoms with Crippen molar-refractivity contribution in [2.24, 2.45) is 0 Å². The molecule has 1 N–H and O–H groups in total. The summed E-state index contributed by atoms with van der Waals surface area (Å²) in [4.78, 5) is 12.1. The summed E-state index contributed by atoms with van der Waals surface area (Å²) in [5, 5.41) is 2.17. The molecule has 0 unspecified atom stereocenters.